The van der Waals surface area contributed by atoms with E-state index in [9.17, 15) is 15.3 Å². The summed E-state index contributed by atoms with van der Waals surface area (Å²) in [5, 5.41) is 20.8. The molecule has 0 unspecified atom stereocenters. The summed E-state index contributed by atoms with van der Waals surface area (Å²) in [6.45, 7) is 0. The van der Waals surface area contributed by atoms with Crippen LogP contribution in [0.4, 0.5) is 11.4 Å². The van der Waals surface area contributed by atoms with E-state index in [0.29, 0.717) is 16.3 Å². The molecule has 3 aliphatic rings. The minimum Gasteiger partial charge on any atom is -0.384 e. The second-order valence-electron chi connectivity index (χ2n) is 6.70. The number of rotatable bonds is 0. The summed E-state index contributed by atoms with van der Waals surface area (Å²) in [6, 6.07) is 19.3. The number of amides is 1. The van der Waals surface area contributed by atoms with E-state index in [1.54, 1.807) is 24.1 Å². The topological polar surface area (TPSA) is 97.2 Å². The molecule has 0 aromatic heterocycles. The summed E-state index contributed by atoms with van der Waals surface area (Å²) in [5.41, 5.74) is 7.39. The van der Waals surface area contributed by atoms with Gasteiger partial charge >= 0.3 is 0 Å². The third kappa shape index (κ3) is 1.65. The average molecular weight is 383 g/mol. The number of para-hydroxylation sites is 2. The molecule has 7 heteroatoms. The fraction of sp³-hybridized carbons (Fsp3) is 0.0952. The first-order valence-corrected chi connectivity index (χ1v) is 9.38. The number of fused-ring (bicyclic) bond motifs is 5. The zero-order valence-corrected chi connectivity index (χ0v) is 15.6. The number of hydrogen-bond donors (Lipinski definition) is 1. The molecule has 0 saturated heterocycles. The van der Waals surface area contributed by atoms with Crippen molar-refractivity contribution in [3.63, 3.8) is 0 Å². The van der Waals surface area contributed by atoms with E-state index in [1.807, 2.05) is 36.4 Å². The molecule has 1 amide bonds. The number of nitrogens with two attached hydrogens (primary N) is 1. The summed E-state index contributed by atoms with van der Waals surface area (Å²) in [5.74, 6) is -0.152. The molecule has 0 bridgehead atoms. The van der Waals surface area contributed by atoms with Gasteiger partial charge in [0.1, 0.15) is 16.9 Å². The molecule has 0 fully saturated rings. The van der Waals surface area contributed by atoms with Gasteiger partial charge in [0.15, 0.2) is 5.41 Å². The Hall–Kier alpha value is -3.68. The van der Waals surface area contributed by atoms with E-state index >= 15 is 0 Å². The van der Waals surface area contributed by atoms with Gasteiger partial charge in [0, 0.05) is 23.2 Å². The molecule has 0 aliphatic carbocycles. The Morgan fingerprint density at radius 2 is 1.64 bits per heavy atom. The van der Waals surface area contributed by atoms with Gasteiger partial charge in [0.25, 0.3) is 0 Å². The van der Waals surface area contributed by atoms with Crippen LogP contribution in [-0.2, 0) is 10.2 Å². The van der Waals surface area contributed by atoms with Gasteiger partial charge in [-0.3, -0.25) is 9.69 Å². The summed E-state index contributed by atoms with van der Waals surface area (Å²) in [4.78, 5) is 17.7. The Bertz CT molecular complexity index is 1230. The zero-order chi connectivity index (χ0) is 19.6. The lowest BCUT2D eigenvalue weighted by Crippen LogP contribution is -2.48. The number of thioether (sulfide) groups is 1. The van der Waals surface area contributed by atoms with Crippen LogP contribution in [0, 0.1) is 22.7 Å². The maximum absolute atomic E-state index is 13.6. The van der Waals surface area contributed by atoms with E-state index < -0.39 is 5.41 Å². The minimum absolute atomic E-state index is 0.0897. The molecule has 134 valence electrons. The van der Waals surface area contributed by atoms with Crippen molar-refractivity contribution in [2.24, 2.45) is 5.73 Å². The lowest BCUT2D eigenvalue weighted by molar-refractivity contribution is -0.120. The normalized spacial score (nSPS) is 22.2. The molecule has 2 aromatic carbocycles. The van der Waals surface area contributed by atoms with Crippen molar-refractivity contribution in [2.45, 2.75) is 10.3 Å². The highest BCUT2D eigenvalue weighted by Crippen LogP contribution is 2.59. The number of nitrogens with zero attached hydrogens (tertiary/aromatic N) is 4. The van der Waals surface area contributed by atoms with Crippen LogP contribution in [0.2, 0.25) is 0 Å². The number of carbonyl (C=O) groups is 1. The van der Waals surface area contributed by atoms with Crippen molar-refractivity contribution in [3.05, 3.63) is 76.1 Å². The maximum Gasteiger partial charge on any atom is 0.248 e. The van der Waals surface area contributed by atoms with Crippen molar-refractivity contribution >= 4 is 29.0 Å². The number of likely N-dealkylation sites (N-methyl/N-ethyl adjacent to an activating group) is 1. The van der Waals surface area contributed by atoms with Crippen molar-refractivity contribution in [2.75, 3.05) is 16.8 Å². The number of anilines is 2. The molecular formula is C21H13N5OS. The third-order valence-corrected chi connectivity index (χ3v) is 6.64. The highest BCUT2D eigenvalue weighted by Gasteiger charge is 2.61. The van der Waals surface area contributed by atoms with Gasteiger partial charge in [-0.25, -0.2) is 0 Å². The van der Waals surface area contributed by atoms with Gasteiger partial charge in [-0.1, -0.05) is 42.1 Å². The first-order valence-electron chi connectivity index (χ1n) is 8.57. The van der Waals surface area contributed by atoms with Crippen LogP contribution >= 0.6 is 11.8 Å². The molecule has 5 rings (SSSR count). The molecule has 1 atom stereocenters. The van der Waals surface area contributed by atoms with Gasteiger partial charge in [0.05, 0.1) is 22.9 Å². The molecule has 0 radical (unpaired) electrons. The van der Waals surface area contributed by atoms with Gasteiger partial charge in [-0.15, -0.1) is 0 Å². The second kappa shape index (κ2) is 5.41. The van der Waals surface area contributed by atoms with Gasteiger partial charge < -0.3 is 10.6 Å². The Balaban J connectivity index is 1.92. The monoisotopic (exact) mass is 383 g/mol. The van der Waals surface area contributed by atoms with E-state index in [2.05, 4.69) is 12.1 Å². The van der Waals surface area contributed by atoms with Crippen LogP contribution in [0.1, 0.15) is 5.56 Å². The number of benzene rings is 2. The van der Waals surface area contributed by atoms with Crippen LogP contribution in [0.15, 0.2) is 75.4 Å². The Morgan fingerprint density at radius 3 is 2.36 bits per heavy atom. The number of nitriles is 2. The lowest BCUT2D eigenvalue weighted by atomic mass is 9.68. The molecule has 2 N–H and O–H groups in total. The summed E-state index contributed by atoms with van der Waals surface area (Å²) < 4.78 is 0. The van der Waals surface area contributed by atoms with Crippen molar-refractivity contribution < 1.29 is 4.79 Å². The van der Waals surface area contributed by atoms with E-state index in [-0.39, 0.29) is 22.9 Å². The Morgan fingerprint density at radius 1 is 1.00 bits per heavy atom. The molecule has 3 aliphatic heterocycles. The van der Waals surface area contributed by atoms with E-state index in [0.717, 1.165) is 10.6 Å². The Kier molecular flexibility index (Phi) is 3.19. The van der Waals surface area contributed by atoms with Crippen LogP contribution in [0.25, 0.3) is 0 Å². The first-order chi connectivity index (χ1) is 13.6. The standard InChI is InChI=1S/C21H13N5OS/c1-25-15-7-3-2-6-12(15)21(20(25)27)13(10-22)18(24)26-16-8-4-5-9-17(16)28-19(26)14(21)11-23/h2-9H,24H2,1H3/t21-/m1/s1. The van der Waals surface area contributed by atoms with Crippen LogP contribution < -0.4 is 15.5 Å². The summed E-state index contributed by atoms with van der Waals surface area (Å²) in [6.07, 6.45) is 0. The predicted molar refractivity (Wildman–Crippen MR) is 106 cm³/mol. The molecular weight excluding hydrogens is 370 g/mol. The quantitative estimate of drug-likeness (QED) is 0.751. The average Bonchev–Trinajstić information content (AvgIpc) is 3.20. The van der Waals surface area contributed by atoms with Crippen LogP contribution in [0.5, 0.6) is 0 Å². The first kappa shape index (κ1) is 16.5. The molecule has 1 spiro atoms. The van der Waals surface area contributed by atoms with Crippen molar-refractivity contribution in [3.8, 4) is 12.1 Å². The maximum atomic E-state index is 13.6. The van der Waals surface area contributed by atoms with Crippen molar-refractivity contribution in [1.29, 1.82) is 10.5 Å². The predicted octanol–water partition coefficient (Wildman–Crippen LogP) is 2.96. The highest BCUT2D eigenvalue weighted by molar-refractivity contribution is 8.03. The fourth-order valence-electron chi connectivity index (χ4n) is 4.29. The molecule has 2 aromatic rings. The van der Waals surface area contributed by atoms with Crippen LogP contribution in [-0.4, -0.2) is 13.0 Å². The second-order valence-corrected chi connectivity index (χ2v) is 7.73. The molecule has 3 heterocycles. The fourth-order valence-corrected chi connectivity index (χ4v) is 5.50. The van der Waals surface area contributed by atoms with Gasteiger partial charge in [-0.2, -0.15) is 10.5 Å². The minimum atomic E-state index is -1.51. The highest BCUT2D eigenvalue weighted by atomic mass is 32.2. The summed E-state index contributed by atoms with van der Waals surface area (Å²) in [7, 11) is 1.66. The number of hydrogen-bond acceptors (Lipinski definition) is 6. The van der Waals surface area contributed by atoms with Gasteiger partial charge in [-0.05, 0) is 18.2 Å². The summed E-state index contributed by atoms with van der Waals surface area (Å²) >= 11 is 1.40. The SMILES string of the molecule is CN1C(=O)[C@@]2(C(C#N)=C(N)N3C(=C2C#N)Sc2ccccc23)c2ccccc21. The van der Waals surface area contributed by atoms with Crippen LogP contribution in [0.3, 0.4) is 0 Å². The van der Waals surface area contributed by atoms with E-state index in [4.69, 9.17) is 5.73 Å². The van der Waals surface area contributed by atoms with Crippen molar-refractivity contribution in [1.82, 2.24) is 0 Å². The Labute approximate surface area is 165 Å². The third-order valence-electron chi connectivity index (χ3n) is 5.50. The van der Waals surface area contributed by atoms with E-state index in [1.165, 1.54) is 16.7 Å². The van der Waals surface area contributed by atoms with Gasteiger partial charge in [0.2, 0.25) is 5.91 Å². The zero-order valence-electron chi connectivity index (χ0n) is 14.8. The molecule has 28 heavy (non-hydrogen) atoms. The number of carbonyl (C=O) groups excluding carboxylic acids is 1. The molecule has 0 saturated carbocycles. The molecule has 6 nitrogen and oxygen atoms in total. The lowest BCUT2D eigenvalue weighted by Gasteiger charge is -2.37. The largest absolute Gasteiger partial charge is 0.384 e. The smallest absolute Gasteiger partial charge is 0.248 e.